The molecule has 0 bridgehead atoms. The molecule has 2 atom stereocenters. The summed E-state index contributed by atoms with van der Waals surface area (Å²) < 4.78 is 0. The van der Waals surface area contributed by atoms with E-state index >= 15 is 0 Å². The maximum atomic E-state index is 12.1. The predicted molar refractivity (Wildman–Crippen MR) is 102 cm³/mol. The Hall–Kier alpha value is -1.56. The highest BCUT2D eigenvalue weighted by atomic mass is 32.1. The van der Waals surface area contributed by atoms with Crippen molar-refractivity contribution in [2.75, 3.05) is 26.7 Å². The van der Waals surface area contributed by atoms with Crippen LogP contribution in [0.4, 0.5) is 0 Å². The van der Waals surface area contributed by atoms with Gasteiger partial charge >= 0.3 is 0 Å². The molecule has 0 radical (unpaired) electrons. The van der Waals surface area contributed by atoms with Crippen molar-refractivity contribution in [3.63, 3.8) is 0 Å². The highest BCUT2D eigenvalue weighted by molar-refractivity contribution is 7.09. The fourth-order valence-electron chi connectivity index (χ4n) is 2.95. The second-order valence-electron chi connectivity index (χ2n) is 6.91. The first-order valence-electron chi connectivity index (χ1n) is 8.78. The molecule has 0 aliphatic carbocycles. The molecule has 2 unspecified atom stereocenters. The Morgan fingerprint density at radius 2 is 2.25 bits per heavy atom. The molecule has 1 aromatic heterocycles. The summed E-state index contributed by atoms with van der Waals surface area (Å²) in [7, 11) is 1.80. The summed E-state index contributed by atoms with van der Waals surface area (Å²) in [5.74, 6) is 1.69. The van der Waals surface area contributed by atoms with E-state index in [0.29, 0.717) is 5.92 Å². The number of amides is 1. The zero-order valence-corrected chi connectivity index (χ0v) is 16.0. The lowest BCUT2D eigenvalue weighted by molar-refractivity contribution is -0.133. The third-order valence-electron chi connectivity index (χ3n) is 4.31. The number of thiophene rings is 1. The van der Waals surface area contributed by atoms with Gasteiger partial charge in [-0.3, -0.25) is 9.79 Å². The zero-order chi connectivity index (χ0) is 17.5. The average molecular weight is 351 g/mol. The molecule has 1 aromatic rings. The number of hydrogen-bond donors (Lipinski definition) is 2. The maximum absolute atomic E-state index is 12.1. The quantitative estimate of drug-likeness (QED) is 0.612. The highest BCUT2D eigenvalue weighted by Crippen LogP contribution is 2.14. The van der Waals surface area contributed by atoms with Crippen LogP contribution >= 0.6 is 11.3 Å². The first-order chi connectivity index (χ1) is 11.5. The molecule has 1 saturated heterocycles. The topological polar surface area (TPSA) is 56.7 Å². The van der Waals surface area contributed by atoms with Crippen molar-refractivity contribution in [2.24, 2.45) is 16.8 Å². The molecule has 5 nitrogen and oxygen atoms in total. The van der Waals surface area contributed by atoms with E-state index in [4.69, 9.17) is 0 Å². The summed E-state index contributed by atoms with van der Waals surface area (Å²) >= 11 is 1.81. The molecule has 0 saturated carbocycles. The predicted octanol–water partition coefficient (Wildman–Crippen LogP) is 2.35. The second-order valence-corrected chi connectivity index (χ2v) is 7.94. The van der Waals surface area contributed by atoms with Gasteiger partial charge in [-0.2, -0.15) is 0 Å². The standard InChI is InChI=1S/C18H30N4OS/c1-13(2)17(23)22-8-7-15(12-22)21-18(19-4)20-11-14(3)10-16-6-5-9-24-16/h5-6,9,13-15H,7-8,10-12H2,1-4H3,(H2,19,20,21). The van der Waals surface area contributed by atoms with E-state index in [1.54, 1.807) is 7.05 Å². The van der Waals surface area contributed by atoms with Crippen molar-refractivity contribution in [1.82, 2.24) is 15.5 Å². The number of aliphatic imine (C=N–C) groups is 1. The van der Waals surface area contributed by atoms with Gasteiger partial charge in [0.1, 0.15) is 0 Å². The third-order valence-corrected chi connectivity index (χ3v) is 5.20. The smallest absolute Gasteiger partial charge is 0.225 e. The van der Waals surface area contributed by atoms with Crippen molar-refractivity contribution in [3.05, 3.63) is 22.4 Å². The first kappa shape index (κ1) is 18.8. The minimum Gasteiger partial charge on any atom is -0.356 e. The lowest BCUT2D eigenvalue weighted by atomic mass is 10.1. The SMILES string of the molecule is CN=C(NCC(C)Cc1cccs1)NC1CCN(C(=O)C(C)C)C1. The largest absolute Gasteiger partial charge is 0.356 e. The van der Waals surface area contributed by atoms with Gasteiger partial charge in [0.05, 0.1) is 0 Å². The summed E-state index contributed by atoms with van der Waals surface area (Å²) in [6.45, 7) is 8.65. The Morgan fingerprint density at radius 3 is 2.88 bits per heavy atom. The third kappa shape index (κ3) is 5.51. The van der Waals surface area contributed by atoms with Gasteiger partial charge in [-0.1, -0.05) is 26.8 Å². The molecule has 24 heavy (non-hydrogen) atoms. The van der Waals surface area contributed by atoms with E-state index in [9.17, 15) is 4.79 Å². The highest BCUT2D eigenvalue weighted by Gasteiger charge is 2.27. The molecule has 1 fully saturated rings. The summed E-state index contributed by atoms with van der Waals surface area (Å²) in [4.78, 5) is 19.8. The van der Waals surface area contributed by atoms with E-state index in [1.807, 2.05) is 30.1 Å². The number of nitrogens with one attached hydrogen (secondary N) is 2. The van der Waals surface area contributed by atoms with Gasteiger partial charge in [0.15, 0.2) is 5.96 Å². The van der Waals surface area contributed by atoms with E-state index in [0.717, 1.165) is 38.4 Å². The fourth-order valence-corrected chi connectivity index (χ4v) is 3.82. The number of nitrogens with zero attached hydrogens (tertiary/aromatic N) is 2. The van der Waals surface area contributed by atoms with Crippen LogP contribution in [0.15, 0.2) is 22.5 Å². The minimum absolute atomic E-state index is 0.0688. The summed E-state index contributed by atoms with van der Waals surface area (Å²) in [6, 6.07) is 4.57. The van der Waals surface area contributed by atoms with Gasteiger partial charge in [-0.25, -0.2) is 0 Å². The van der Waals surface area contributed by atoms with E-state index in [-0.39, 0.29) is 17.9 Å². The van der Waals surface area contributed by atoms with Gasteiger partial charge in [0, 0.05) is 43.5 Å². The van der Waals surface area contributed by atoms with Gasteiger partial charge in [-0.15, -0.1) is 11.3 Å². The van der Waals surface area contributed by atoms with E-state index in [1.165, 1.54) is 4.88 Å². The van der Waals surface area contributed by atoms with Crippen LogP contribution in [0.5, 0.6) is 0 Å². The normalized spacial score (nSPS) is 19.6. The van der Waals surface area contributed by atoms with Crippen molar-refractivity contribution >= 4 is 23.2 Å². The molecular formula is C18H30N4OS. The number of rotatable bonds is 6. The van der Waals surface area contributed by atoms with Gasteiger partial charge in [0.25, 0.3) is 0 Å². The number of likely N-dealkylation sites (tertiary alicyclic amines) is 1. The number of hydrogen-bond acceptors (Lipinski definition) is 3. The van der Waals surface area contributed by atoms with Crippen LogP contribution in [0.2, 0.25) is 0 Å². The Kier molecular flexibility index (Phi) is 7.09. The summed E-state index contributed by atoms with van der Waals surface area (Å²) in [5.41, 5.74) is 0. The fraction of sp³-hybridized carbons (Fsp3) is 0.667. The summed E-state index contributed by atoms with van der Waals surface area (Å²) in [5, 5.41) is 8.99. The van der Waals surface area contributed by atoms with Crippen LogP contribution in [-0.4, -0.2) is 49.5 Å². The summed E-state index contributed by atoms with van der Waals surface area (Å²) in [6.07, 6.45) is 2.06. The maximum Gasteiger partial charge on any atom is 0.225 e. The van der Waals surface area contributed by atoms with Gasteiger partial charge < -0.3 is 15.5 Å². The molecule has 2 heterocycles. The lowest BCUT2D eigenvalue weighted by Gasteiger charge is -2.21. The van der Waals surface area contributed by atoms with Crippen LogP contribution in [-0.2, 0) is 11.2 Å². The molecule has 6 heteroatoms. The molecule has 2 rings (SSSR count). The van der Waals surface area contributed by atoms with Crippen LogP contribution in [0.25, 0.3) is 0 Å². The van der Waals surface area contributed by atoms with Gasteiger partial charge in [-0.05, 0) is 30.2 Å². The molecule has 1 aliphatic rings. The Balaban J connectivity index is 1.74. The molecule has 0 spiro atoms. The van der Waals surface area contributed by atoms with Crippen LogP contribution in [0.1, 0.15) is 32.1 Å². The first-order valence-corrected chi connectivity index (χ1v) is 9.66. The minimum atomic E-state index is 0.0688. The van der Waals surface area contributed by atoms with Crippen molar-refractivity contribution in [1.29, 1.82) is 0 Å². The van der Waals surface area contributed by atoms with Crippen LogP contribution in [0, 0.1) is 11.8 Å². The van der Waals surface area contributed by atoms with E-state index < -0.39 is 0 Å². The molecule has 134 valence electrons. The zero-order valence-electron chi connectivity index (χ0n) is 15.2. The number of carbonyl (C=O) groups excluding carboxylic acids is 1. The Bertz CT molecular complexity index is 541. The van der Waals surface area contributed by atoms with Crippen molar-refractivity contribution < 1.29 is 4.79 Å². The Labute approximate surface area is 149 Å². The molecular weight excluding hydrogens is 320 g/mol. The molecule has 0 aromatic carbocycles. The molecule has 2 N–H and O–H groups in total. The molecule has 1 aliphatic heterocycles. The lowest BCUT2D eigenvalue weighted by Crippen LogP contribution is -2.46. The monoisotopic (exact) mass is 350 g/mol. The van der Waals surface area contributed by atoms with Crippen molar-refractivity contribution in [3.8, 4) is 0 Å². The Morgan fingerprint density at radius 1 is 1.46 bits per heavy atom. The van der Waals surface area contributed by atoms with Crippen LogP contribution in [0.3, 0.4) is 0 Å². The number of guanidine groups is 1. The van der Waals surface area contributed by atoms with Crippen molar-refractivity contribution in [2.45, 2.75) is 39.7 Å². The number of carbonyl (C=O) groups is 1. The van der Waals surface area contributed by atoms with Crippen LogP contribution < -0.4 is 10.6 Å². The average Bonchev–Trinajstić information content (AvgIpc) is 3.22. The molecule has 1 amide bonds. The second kappa shape index (κ2) is 9.06. The van der Waals surface area contributed by atoms with Gasteiger partial charge in [0.2, 0.25) is 5.91 Å². The van der Waals surface area contributed by atoms with E-state index in [2.05, 4.69) is 40.1 Å².